The molecule has 20 heavy (non-hydrogen) atoms. The van der Waals surface area contributed by atoms with Crippen molar-refractivity contribution in [1.29, 1.82) is 0 Å². The Balaban J connectivity index is 3.34. The summed E-state index contributed by atoms with van der Waals surface area (Å²) >= 11 is 0. The minimum atomic E-state index is -5.71. The second-order valence-corrected chi connectivity index (χ2v) is 3.87. The lowest BCUT2D eigenvalue weighted by atomic mass is 9.92. The summed E-state index contributed by atoms with van der Waals surface area (Å²) in [5.74, 6) is -1.94. The molecule has 3 N–H and O–H groups in total. The molecule has 0 aliphatic carbocycles. The van der Waals surface area contributed by atoms with Crippen LogP contribution < -0.4 is 11.3 Å². The first-order chi connectivity index (χ1) is 8.98. The molecule has 0 radical (unpaired) electrons. The third-order valence-corrected chi connectivity index (χ3v) is 2.52. The zero-order valence-corrected chi connectivity index (χ0v) is 9.49. The molecular weight excluding hydrogens is 300 g/mol. The topological polar surface area (TPSA) is 38.0 Å². The van der Waals surface area contributed by atoms with Gasteiger partial charge in [-0.1, -0.05) is 6.07 Å². The smallest absolute Gasteiger partial charge is 0.271 e. The Bertz CT molecular complexity index is 453. The third kappa shape index (κ3) is 3.57. The molecule has 114 valence electrons. The van der Waals surface area contributed by atoms with Gasteiger partial charge in [-0.15, -0.1) is 0 Å². The normalized spacial score (nSPS) is 14.7. The van der Waals surface area contributed by atoms with Crippen LogP contribution in [0.4, 0.5) is 35.1 Å². The van der Waals surface area contributed by atoms with Gasteiger partial charge in [0, 0.05) is 11.6 Å². The predicted molar refractivity (Wildman–Crippen MR) is 52.0 cm³/mol. The van der Waals surface area contributed by atoms with Gasteiger partial charge in [-0.3, -0.25) is 11.3 Å². The second kappa shape index (κ2) is 5.52. The van der Waals surface area contributed by atoms with Crippen LogP contribution in [-0.4, -0.2) is 12.4 Å². The fourth-order valence-electron chi connectivity index (χ4n) is 1.68. The van der Waals surface area contributed by atoms with Crippen LogP contribution in [0.5, 0.6) is 0 Å². The van der Waals surface area contributed by atoms with Gasteiger partial charge in [-0.2, -0.15) is 26.3 Å². The van der Waals surface area contributed by atoms with Crippen LogP contribution in [0.2, 0.25) is 0 Å². The Kier molecular flexibility index (Phi) is 4.59. The Morgan fingerprint density at radius 2 is 1.45 bits per heavy atom. The van der Waals surface area contributed by atoms with Crippen molar-refractivity contribution in [1.82, 2.24) is 5.43 Å². The van der Waals surface area contributed by atoms with Gasteiger partial charge in [-0.25, -0.2) is 8.78 Å². The molecule has 0 spiro atoms. The van der Waals surface area contributed by atoms with E-state index in [1.807, 2.05) is 0 Å². The SMILES string of the molecule is NNC(c1ccc(F)cc1F)C(C(F)(F)F)C(F)(F)F. The Labute approximate surface area is 107 Å². The van der Waals surface area contributed by atoms with Crippen LogP contribution in [0.3, 0.4) is 0 Å². The van der Waals surface area contributed by atoms with Crippen molar-refractivity contribution in [2.45, 2.75) is 18.4 Å². The first-order valence-electron chi connectivity index (χ1n) is 5.03. The van der Waals surface area contributed by atoms with Crippen molar-refractivity contribution < 1.29 is 35.1 Å². The van der Waals surface area contributed by atoms with Gasteiger partial charge in [0.1, 0.15) is 11.6 Å². The first kappa shape index (κ1) is 16.6. The fourth-order valence-corrected chi connectivity index (χ4v) is 1.68. The van der Waals surface area contributed by atoms with Crippen molar-refractivity contribution in [3.05, 3.63) is 35.4 Å². The zero-order chi connectivity index (χ0) is 15.7. The number of rotatable bonds is 3. The number of benzene rings is 1. The highest BCUT2D eigenvalue weighted by molar-refractivity contribution is 5.23. The molecule has 1 aromatic rings. The lowest BCUT2D eigenvalue weighted by molar-refractivity contribution is -0.293. The van der Waals surface area contributed by atoms with Crippen molar-refractivity contribution >= 4 is 0 Å². The van der Waals surface area contributed by atoms with E-state index in [9.17, 15) is 35.1 Å². The lowest BCUT2D eigenvalue weighted by Gasteiger charge is -2.30. The molecule has 2 nitrogen and oxygen atoms in total. The van der Waals surface area contributed by atoms with E-state index in [2.05, 4.69) is 0 Å². The van der Waals surface area contributed by atoms with Crippen LogP contribution in [0.25, 0.3) is 0 Å². The standard InChI is InChI=1S/C10H8F8N2/c11-4-1-2-5(6(12)3-4)7(20-19)8(9(13,14)15)10(16,17)18/h1-3,7-8,20H,19H2. The van der Waals surface area contributed by atoms with Crippen LogP contribution in [0, 0.1) is 17.6 Å². The summed E-state index contributed by atoms with van der Waals surface area (Å²) in [6.07, 6.45) is -11.4. The number of nitrogens with two attached hydrogens (primary N) is 1. The van der Waals surface area contributed by atoms with Crippen molar-refractivity contribution in [3.8, 4) is 0 Å². The molecule has 0 fully saturated rings. The van der Waals surface area contributed by atoms with Gasteiger partial charge < -0.3 is 0 Å². The number of hydrogen-bond acceptors (Lipinski definition) is 2. The largest absolute Gasteiger partial charge is 0.402 e. The summed E-state index contributed by atoms with van der Waals surface area (Å²) in [4.78, 5) is 0. The molecule has 1 rings (SSSR count). The molecule has 0 bridgehead atoms. The molecule has 0 heterocycles. The highest BCUT2D eigenvalue weighted by Gasteiger charge is 2.60. The molecule has 0 aliphatic heterocycles. The average molecular weight is 308 g/mol. The fraction of sp³-hybridized carbons (Fsp3) is 0.400. The first-order valence-corrected chi connectivity index (χ1v) is 5.03. The number of halogens is 8. The molecule has 1 aromatic carbocycles. The van der Waals surface area contributed by atoms with Gasteiger partial charge in [0.15, 0.2) is 5.92 Å². The number of alkyl halides is 6. The van der Waals surface area contributed by atoms with Gasteiger partial charge in [0.05, 0.1) is 6.04 Å². The van der Waals surface area contributed by atoms with E-state index in [0.29, 0.717) is 12.1 Å². The van der Waals surface area contributed by atoms with E-state index in [-0.39, 0.29) is 6.07 Å². The number of hydrazine groups is 1. The molecule has 0 aromatic heterocycles. The molecule has 0 amide bonds. The summed E-state index contributed by atoms with van der Waals surface area (Å²) in [6, 6.07) is -1.45. The molecule has 1 atom stereocenters. The van der Waals surface area contributed by atoms with E-state index in [0.717, 1.165) is 0 Å². The van der Waals surface area contributed by atoms with E-state index >= 15 is 0 Å². The summed E-state index contributed by atoms with van der Waals surface area (Å²) in [6.45, 7) is 0. The molecule has 1 unspecified atom stereocenters. The van der Waals surface area contributed by atoms with Gasteiger partial charge >= 0.3 is 12.4 Å². The van der Waals surface area contributed by atoms with Crippen LogP contribution in [0.1, 0.15) is 11.6 Å². The summed E-state index contributed by atoms with van der Waals surface area (Å²) in [7, 11) is 0. The van der Waals surface area contributed by atoms with Crippen LogP contribution >= 0.6 is 0 Å². The zero-order valence-electron chi connectivity index (χ0n) is 9.49. The van der Waals surface area contributed by atoms with Gasteiger partial charge in [0.25, 0.3) is 0 Å². The van der Waals surface area contributed by atoms with Gasteiger partial charge in [-0.05, 0) is 6.07 Å². The summed E-state index contributed by atoms with van der Waals surface area (Å²) in [5, 5.41) is 0. The molecule has 0 saturated heterocycles. The van der Waals surface area contributed by atoms with E-state index in [1.54, 1.807) is 0 Å². The molecule has 10 heteroatoms. The van der Waals surface area contributed by atoms with E-state index < -0.39 is 41.5 Å². The summed E-state index contributed by atoms with van der Waals surface area (Å²) < 4.78 is 101. The van der Waals surface area contributed by atoms with E-state index in [4.69, 9.17) is 5.84 Å². The van der Waals surface area contributed by atoms with Gasteiger partial charge in [0.2, 0.25) is 0 Å². The maximum Gasteiger partial charge on any atom is 0.402 e. The maximum atomic E-state index is 13.4. The molecule has 0 aliphatic rings. The van der Waals surface area contributed by atoms with Crippen molar-refractivity contribution in [2.24, 2.45) is 11.8 Å². The number of hydrogen-bond donors (Lipinski definition) is 2. The van der Waals surface area contributed by atoms with Crippen molar-refractivity contribution in [3.63, 3.8) is 0 Å². The van der Waals surface area contributed by atoms with E-state index in [1.165, 1.54) is 5.43 Å². The minimum Gasteiger partial charge on any atom is -0.271 e. The Hall–Kier alpha value is -1.42. The second-order valence-electron chi connectivity index (χ2n) is 3.87. The highest BCUT2D eigenvalue weighted by atomic mass is 19.4. The highest BCUT2D eigenvalue weighted by Crippen LogP contribution is 2.46. The van der Waals surface area contributed by atoms with Crippen LogP contribution in [0.15, 0.2) is 18.2 Å². The summed E-state index contributed by atoms with van der Waals surface area (Å²) in [5.41, 5.74) is 0.256. The molecular formula is C10H8F8N2. The minimum absolute atomic E-state index is 0.170. The van der Waals surface area contributed by atoms with Crippen molar-refractivity contribution in [2.75, 3.05) is 0 Å². The monoisotopic (exact) mass is 308 g/mol. The quantitative estimate of drug-likeness (QED) is 0.511. The average Bonchev–Trinajstić information content (AvgIpc) is 2.22. The number of nitrogens with one attached hydrogen (secondary N) is 1. The Morgan fingerprint density at radius 1 is 0.950 bits per heavy atom. The maximum absolute atomic E-state index is 13.4. The van der Waals surface area contributed by atoms with Crippen LogP contribution in [-0.2, 0) is 0 Å². The third-order valence-electron chi connectivity index (χ3n) is 2.52. The Morgan fingerprint density at radius 3 is 1.80 bits per heavy atom. The molecule has 0 saturated carbocycles. The predicted octanol–water partition coefficient (Wildman–Crippen LogP) is 3.21. The lowest BCUT2D eigenvalue weighted by Crippen LogP contribution is -2.48.